The fraction of sp³-hybridized carbons (Fsp3) is 0.667. The van der Waals surface area contributed by atoms with E-state index in [2.05, 4.69) is 20.1 Å². The van der Waals surface area contributed by atoms with E-state index >= 15 is 0 Å². The van der Waals surface area contributed by atoms with Crippen molar-refractivity contribution in [3.05, 3.63) is 28.7 Å². The van der Waals surface area contributed by atoms with Crippen LogP contribution < -0.4 is 0 Å². The van der Waals surface area contributed by atoms with Gasteiger partial charge in [-0.15, -0.1) is 0 Å². The van der Waals surface area contributed by atoms with Crippen LogP contribution in [-0.4, -0.2) is 67.9 Å². The SMILES string of the molecule is Cc1noc(CN2CCN(C(=O)c3c4c(nn3C)[C@H](C)O[C@H](C)C4)CC2)n1. The van der Waals surface area contributed by atoms with E-state index in [9.17, 15) is 4.79 Å². The topological polar surface area (TPSA) is 89.5 Å². The van der Waals surface area contributed by atoms with Crippen molar-refractivity contribution in [1.29, 1.82) is 0 Å². The largest absolute Gasteiger partial charge is 0.369 e. The van der Waals surface area contributed by atoms with Crippen LogP contribution in [0.1, 0.15) is 53.4 Å². The Labute approximate surface area is 158 Å². The Morgan fingerprint density at radius 2 is 1.96 bits per heavy atom. The van der Waals surface area contributed by atoms with Crippen molar-refractivity contribution in [3.8, 4) is 0 Å². The monoisotopic (exact) mass is 374 g/mol. The molecule has 0 radical (unpaired) electrons. The smallest absolute Gasteiger partial charge is 0.272 e. The lowest BCUT2D eigenvalue weighted by Gasteiger charge is -2.34. The molecule has 0 N–H and O–H groups in total. The molecular weight excluding hydrogens is 348 g/mol. The summed E-state index contributed by atoms with van der Waals surface area (Å²) in [5, 5.41) is 8.39. The molecule has 0 unspecified atom stereocenters. The summed E-state index contributed by atoms with van der Waals surface area (Å²) in [7, 11) is 1.84. The Kier molecular flexibility index (Phi) is 4.73. The molecule has 2 aromatic heterocycles. The van der Waals surface area contributed by atoms with Gasteiger partial charge in [0.2, 0.25) is 5.89 Å². The van der Waals surface area contributed by atoms with Crippen LogP contribution in [0.25, 0.3) is 0 Å². The number of fused-ring (bicyclic) bond motifs is 1. The first-order chi connectivity index (χ1) is 12.9. The summed E-state index contributed by atoms with van der Waals surface area (Å²) in [6.45, 7) is 9.38. The number of amides is 1. The summed E-state index contributed by atoms with van der Waals surface area (Å²) < 4.78 is 12.8. The maximum Gasteiger partial charge on any atom is 0.272 e. The minimum absolute atomic E-state index is 0.0563. The van der Waals surface area contributed by atoms with Crippen molar-refractivity contribution in [2.24, 2.45) is 7.05 Å². The normalized spacial score (nSPS) is 23.5. The Bertz CT molecular complexity index is 836. The van der Waals surface area contributed by atoms with E-state index < -0.39 is 0 Å². The second kappa shape index (κ2) is 7.05. The lowest BCUT2D eigenvalue weighted by Crippen LogP contribution is -2.48. The second-order valence-electron chi connectivity index (χ2n) is 7.43. The molecule has 2 atom stereocenters. The van der Waals surface area contributed by atoms with E-state index in [-0.39, 0.29) is 18.1 Å². The van der Waals surface area contributed by atoms with Crippen LogP contribution in [0.3, 0.4) is 0 Å². The highest BCUT2D eigenvalue weighted by atomic mass is 16.5. The molecule has 4 rings (SSSR count). The van der Waals surface area contributed by atoms with Gasteiger partial charge in [0.25, 0.3) is 5.91 Å². The van der Waals surface area contributed by atoms with Crippen molar-refractivity contribution in [3.63, 3.8) is 0 Å². The summed E-state index contributed by atoms with van der Waals surface area (Å²) >= 11 is 0. The van der Waals surface area contributed by atoms with E-state index in [1.165, 1.54) is 0 Å². The highest BCUT2D eigenvalue weighted by molar-refractivity contribution is 5.94. The Morgan fingerprint density at radius 3 is 2.63 bits per heavy atom. The van der Waals surface area contributed by atoms with Crippen LogP contribution in [0.4, 0.5) is 0 Å². The van der Waals surface area contributed by atoms with Gasteiger partial charge in [0.15, 0.2) is 5.82 Å². The fourth-order valence-electron chi connectivity index (χ4n) is 3.99. The number of hydrogen-bond acceptors (Lipinski definition) is 7. The summed E-state index contributed by atoms with van der Waals surface area (Å²) in [5.41, 5.74) is 2.63. The highest BCUT2D eigenvalue weighted by Crippen LogP contribution is 2.31. The summed E-state index contributed by atoms with van der Waals surface area (Å²) in [5.74, 6) is 1.32. The summed E-state index contributed by atoms with van der Waals surface area (Å²) in [4.78, 5) is 21.6. The predicted molar refractivity (Wildman–Crippen MR) is 96.1 cm³/mol. The van der Waals surface area contributed by atoms with Crippen LogP contribution in [0.15, 0.2) is 4.52 Å². The average Bonchev–Trinajstić information content (AvgIpc) is 3.18. The van der Waals surface area contributed by atoms with Crippen LogP contribution in [0.5, 0.6) is 0 Å². The van der Waals surface area contributed by atoms with Crippen LogP contribution in [-0.2, 0) is 24.8 Å². The fourth-order valence-corrected chi connectivity index (χ4v) is 3.99. The number of piperazine rings is 1. The van der Waals surface area contributed by atoms with Gasteiger partial charge >= 0.3 is 0 Å². The minimum Gasteiger partial charge on any atom is -0.369 e. The van der Waals surface area contributed by atoms with E-state index in [4.69, 9.17) is 9.26 Å². The molecule has 1 amide bonds. The predicted octanol–water partition coefficient (Wildman–Crippen LogP) is 1.09. The molecule has 0 spiro atoms. The van der Waals surface area contributed by atoms with Crippen molar-refractivity contribution in [2.45, 2.75) is 45.9 Å². The highest BCUT2D eigenvalue weighted by Gasteiger charge is 2.34. The van der Waals surface area contributed by atoms with Crippen molar-refractivity contribution in [1.82, 2.24) is 29.7 Å². The molecule has 146 valence electrons. The maximum absolute atomic E-state index is 13.2. The zero-order chi connectivity index (χ0) is 19.1. The second-order valence-corrected chi connectivity index (χ2v) is 7.43. The molecule has 2 aliphatic rings. The quantitative estimate of drug-likeness (QED) is 0.794. The van der Waals surface area contributed by atoms with Gasteiger partial charge in [-0.05, 0) is 20.8 Å². The Hall–Kier alpha value is -2.26. The number of aryl methyl sites for hydroxylation is 2. The lowest BCUT2D eigenvalue weighted by atomic mass is 9.99. The van der Waals surface area contributed by atoms with Crippen LogP contribution in [0.2, 0.25) is 0 Å². The van der Waals surface area contributed by atoms with Gasteiger partial charge in [-0.25, -0.2) is 0 Å². The molecule has 0 aliphatic carbocycles. The number of carbonyl (C=O) groups excluding carboxylic acids is 1. The van der Waals surface area contributed by atoms with Crippen molar-refractivity contribution >= 4 is 5.91 Å². The lowest BCUT2D eigenvalue weighted by molar-refractivity contribution is -0.00716. The van der Waals surface area contributed by atoms with E-state index in [1.807, 2.05) is 32.7 Å². The van der Waals surface area contributed by atoms with Crippen molar-refractivity contribution in [2.75, 3.05) is 26.2 Å². The molecule has 0 aromatic carbocycles. The first-order valence-electron chi connectivity index (χ1n) is 9.44. The van der Waals surface area contributed by atoms with Gasteiger partial charge in [0.05, 0.1) is 24.4 Å². The zero-order valence-electron chi connectivity index (χ0n) is 16.3. The molecule has 27 heavy (non-hydrogen) atoms. The molecule has 4 heterocycles. The zero-order valence-corrected chi connectivity index (χ0v) is 16.3. The van der Waals surface area contributed by atoms with E-state index in [0.717, 1.165) is 30.8 Å². The van der Waals surface area contributed by atoms with Crippen molar-refractivity contribution < 1.29 is 14.1 Å². The average molecular weight is 374 g/mol. The standard InChI is InChI=1S/C18H26N6O3/c1-11-9-14-16(12(2)26-11)20-22(4)17(14)18(25)24-7-5-23(6-8-24)10-15-19-13(3)21-27-15/h11-12H,5-10H2,1-4H3/t11-,12+/m1/s1. The minimum atomic E-state index is -0.0776. The number of nitrogens with zero attached hydrogens (tertiary/aromatic N) is 6. The molecule has 0 bridgehead atoms. The Morgan fingerprint density at radius 1 is 1.22 bits per heavy atom. The molecule has 2 aliphatic heterocycles. The van der Waals surface area contributed by atoms with Gasteiger partial charge in [-0.2, -0.15) is 10.1 Å². The molecule has 1 saturated heterocycles. The third-order valence-electron chi connectivity index (χ3n) is 5.28. The third-order valence-corrected chi connectivity index (χ3v) is 5.28. The van der Waals surface area contributed by atoms with Gasteiger partial charge in [0, 0.05) is 45.2 Å². The summed E-state index contributed by atoms with van der Waals surface area (Å²) in [6, 6.07) is 0. The molecule has 9 nitrogen and oxygen atoms in total. The van der Waals surface area contributed by atoms with Gasteiger partial charge in [0.1, 0.15) is 5.69 Å². The van der Waals surface area contributed by atoms with Gasteiger partial charge < -0.3 is 14.2 Å². The number of carbonyl (C=O) groups is 1. The number of aromatic nitrogens is 4. The molecule has 2 aromatic rings. The number of rotatable bonds is 3. The van der Waals surface area contributed by atoms with Gasteiger partial charge in [-0.3, -0.25) is 14.4 Å². The molecule has 1 fully saturated rings. The van der Waals surface area contributed by atoms with E-state index in [0.29, 0.717) is 37.0 Å². The molecular formula is C18H26N6O3. The Balaban J connectivity index is 1.44. The van der Waals surface area contributed by atoms with E-state index in [1.54, 1.807) is 4.68 Å². The van der Waals surface area contributed by atoms with Crippen LogP contribution >= 0.6 is 0 Å². The van der Waals surface area contributed by atoms with Crippen LogP contribution in [0, 0.1) is 6.92 Å². The summed E-state index contributed by atoms with van der Waals surface area (Å²) in [6.07, 6.45) is 0.745. The number of hydrogen-bond donors (Lipinski definition) is 0. The first kappa shape index (κ1) is 18.1. The maximum atomic E-state index is 13.2. The third kappa shape index (κ3) is 3.49. The molecule has 0 saturated carbocycles. The number of ether oxygens (including phenoxy) is 1. The first-order valence-corrected chi connectivity index (χ1v) is 9.44. The molecule has 9 heteroatoms. The van der Waals surface area contributed by atoms with Gasteiger partial charge in [-0.1, -0.05) is 5.16 Å².